The van der Waals surface area contributed by atoms with Crippen LogP contribution < -0.4 is 5.32 Å². The van der Waals surface area contributed by atoms with E-state index in [4.69, 9.17) is 34.8 Å². The van der Waals surface area contributed by atoms with E-state index in [1.807, 2.05) is 31.2 Å². The summed E-state index contributed by atoms with van der Waals surface area (Å²) >= 11 is 17.9. The van der Waals surface area contributed by atoms with Gasteiger partial charge in [0.25, 0.3) is 0 Å². The molecule has 2 aromatic rings. The van der Waals surface area contributed by atoms with Crippen LogP contribution in [0.1, 0.15) is 18.1 Å². The van der Waals surface area contributed by atoms with Gasteiger partial charge in [0, 0.05) is 26.3 Å². The Balaban J connectivity index is 2.45. The van der Waals surface area contributed by atoms with E-state index >= 15 is 0 Å². The molecule has 1 N–H and O–H groups in total. The molecule has 0 aliphatic rings. The molecule has 5 heteroatoms. The van der Waals surface area contributed by atoms with Crippen molar-refractivity contribution < 1.29 is 4.79 Å². The number of anilines is 1. The van der Waals surface area contributed by atoms with Gasteiger partial charge < -0.3 is 5.32 Å². The molecule has 0 aliphatic carbocycles. The van der Waals surface area contributed by atoms with Crippen molar-refractivity contribution in [1.82, 2.24) is 0 Å². The molecular formula is C16H12Cl3NO. The van der Waals surface area contributed by atoms with Gasteiger partial charge in [0.1, 0.15) is 0 Å². The summed E-state index contributed by atoms with van der Waals surface area (Å²) in [6, 6.07) is 10.6. The first-order valence-electron chi connectivity index (χ1n) is 6.14. The van der Waals surface area contributed by atoms with Crippen molar-refractivity contribution >= 4 is 58.5 Å². The molecule has 2 rings (SSSR count). The van der Waals surface area contributed by atoms with Gasteiger partial charge in [0.05, 0.1) is 0 Å². The van der Waals surface area contributed by atoms with Gasteiger partial charge in [0.15, 0.2) is 0 Å². The highest BCUT2D eigenvalue weighted by Crippen LogP contribution is 2.29. The molecule has 0 saturated heterocycles. The number of carbonyl (C=O) groups excluding carboxylic acids is 1. The molecule has 0 aromatic heterocycles. The second kappa shape index (κ2) is 6.99. The predicted octanol–water partition coefficient (Wildman–Crippen LogP) is 5.78. The summed E-state index contributed by atoms with van der Waals surface area (Å²) in [5.41, 5.74) is 3.37. The smallest absolute Gasteiger partial charge is 0.211 e. The van der Waals surface area contributed by atoms with Crippen LogP contribution >= 0.6 is 34.8 Å². The number of rotatable bonds is 4. The Kier molecular flexibility index (Phi) is 5.29. The van der Waals surface area contributed by atoms with Gasteiger partial charge in [-0.2, -0.15) is 0 Å². The minimum atomic E-state index is 0.557. The average Bonchev–Trinajstić information content (AvgIpc) is 2.37. The second-order valence-corrected chi connectivity index (χ2v) is 5.79. The molecule has 0 radical (unpaired) electrons. The van der Waals surface area contributed by atoms with Crippen LogP contribution in [0.5, 0.6) is 0 Å². The molecule has 21 heavy (non-hydrogen) atoms. The van der Waals surface area contributed by atoms with Gasteiger partial charge in [-0.25, -0.2) is 0 Å². The fourth-order valence-electron chi connectivity index (χ4n) is 2.03. The third-order valence-corrected chi connectivity index (χ3v) is 3.56. The number of amides is 1. The van der Waals surface area contributed by atoms with Gasteiger partial charge in [-0.15, -0.1) is 0 Å². The lowest BCUT2D eigenvalue weighted by Crippen LogP contribution is -1.97. The molecule has 108 valence electrons. The van der Waals surface area contributed by atoms with Crippen LogP contribution in [-0.2, 0) is 4.79 Å². The maximum absolute atomic E-state index is 10.7. The number of nitrogens with one attached hydrogen (secondary N) is 1. The van der Waals surface area contributed by atoms with Crippen LogP contribution in [0.4, 0.5) is 5.69 Å². The van der Waals surface area contributed by atoms with Crippen molar-refractivity contribution in [3.05, 3.63) is 62.6 Å². The number of carbonyl (C=O) groups is 1. The van der Waals surface area contributed by atoms with Gasteiger partial charge in [-0.05, 0) is 48.4 Å². The fourth-order valence-corrected chi connectivity index (χ4v) is 2.74. The van der Waals surface area contributed by atoms with Crippen molar-refractivity contribution in [2.24, 2.45) is 0 Å². The van der Waals surface area contributed by atoms with E-state index in [2.05, 4.69) is 5.32 Å². The lowest BCUT2D eigenvalue weighted by Gasteiger charge is -2.10. The fraction of sp³-hybridized carbons (Fsp3) is 0.0625. The second-order valence-electron chi connectivity index (χ2n) is 4.48. The van der Waals surface area contributed by atoms with Crippen LogP contribution in [-0.4, -0.2) is 6.41 Å². The Bertz CT molecular complexity index is 690. The number of hydrogen-bond donors (Lipinski definition) is 1. The third kappa shape index (κ3) is 4.24. The average molecular weight is 341 g/mol. The van der Waals surface area contributed by atoms with Crippen LogP contribution in [0.2, 0.25) is 15.1 Å². The highest BCUT2D eigenvalue weighted by atomic mass is 35.5. The molecule has 0 atom stereocenters. The predicted molar refractivity (Wildman–Crippen MR) is 91.1 cm³/mol. The van der Waals surface area contributed by atoms with Crippen LogP contribution in [0.3, 0.4) is 0 Å². The summed E-state index contributed by atoms with van der Waals surface area (Å²) < 4.78 is 0. The molecule has 0 bridgehead atoms. The molecular weight excluding hydrogens is 329 g/mol. The van der Waals surface area contributed by atoms with E-state index in [9.17, 15) is 4.79 Å². The zero-order valence-corrected chi connectivity index (χ0v) is 13.4. The maximum Gasteiger partial charge on any atom is 0.211 e. The summed E-state index contributed by atoms with van der Waals surface area (Å²) in [7, 11) is 0. The van der Waals surface area contributed by atoms with E-state index in [0.29, 0.717) is 27.2 Å². The van der Waals surface area contributed by atoms with Crippen molar-refractivity contribution in [2.45, 2.75) is 6.92 Å². The first kappa shape index (κ1) is 15.9. The Hall–Kier alpha value is -1.48. The molecule has 0 aliphatic heterocycles. The lowest BCUT2D eigenvalue weighted by molar-refractivity contribution is -0.105. The number of halogens is 3. The van der Waals surface area contributed by atoms with Crippen molar-refractivity contribution in [3.8, 4) is 0 Å². The quantitative estimate of drug-likeness (QED) is 0.555. The lowest BCUT2D eigenvalue weighted by atomic mass is 10.0. The van der Waals surface area contributed by atoms with Gasteiger partial charge in [-0.3, -0.25) is 4.79 Å². The number of hydrogen-bond acceptors (Lipinski definition) is 1. The molecule has 2 aromatic carbocycles. The summed E-state index contributed by atoms with van der Waals surface area (Å²) in [4.78, 5) is 10.7. The first-order valence-corrected chi connectivity index (χ1v) is 7.27. The van der Waals surface area contributed by atoms with E-state index < -0.39 is 0 Å². The van der Waals surface area contributed by atoms with E-state index in [1.165, 1.54) is 0 Å². The van der Waals surface area contributed by atoms with Crippen molar-refractivity contribution in [2.75, 3.05) is 5.32 Å². The van der Waals surface area contributed by atoms with E-state index in [0.717, 1.165) is 16.7 Å². The van der Waals surface area contributed by atoms with Crippen LogP contribution in [0.15, 0.2) is 36.4 Å². The zero-order chi connectivity index (χ0) is 15.4. The minimum absolute atomic E-state index is 0.557. The molecule has 0 spiro atoms. The topological polar surface area (TPSA) is 29.1 Å². The molecule has 0 unspecified atom stereocenters. The Morgan fingerprint density at radius 1 is 1.00 bits per heavy atom. The van der Waals surface area contributed by atoms with E-state index in [-0.39, 0.29) is 0 Å². The van der Waals surface area contributed by atoms with E-state index in [1.54, 1.807) is 18.2 Å². The highest BCUT2D eigenvalue weighted by molar-refractivity contribution is 6.34. The Morgan fingerprint density at radius 2 is 1.67 bits per heavy atom. The monoisotopic (exact) mass is 339 g/mol. The minimum Gasteiger partial charge on any atom is -0.328 e. The molecule has 1 amide bonds. The van der Waals surface area contributed by atoms with Crippen molar-refractivity contribution in [3.63, 3.8) is 0 Å². The number of allylic oxidation sites excluding steroid dienone is 1. The third-order valence-electron chi connectivity index (χ3n) is 2.89. The van der Waals surface area contributed by atoms with Gasteiger partial charge in [-0.1, -0.05) is 46.9 Å². The Morgan fingerprint density at radius 3 is 2.29 bits per heavy atom. The van der Waals surface area contributed by atoms with Crippen LogP contribution in [0.25, 0.3) is 11.6 Å². The zero-order valence-electron chi connectivity index (χ0n) is 11.2. The standard InChI is InChI=1S/C16H12Cl3NO/c1-10(4-11-5-13(18)7-14(19)6-11)15-3-2-12(17)8-16(15)20-9-21/h2-9H,1H3,(H,20,21)/b10-4-. The Labute approximate surface area is 138 Å². The largest absolute Gasteiger partial charge is 0.328 e. The van der Waals surface area contributed by atoms with Gasteiger partial charge in [0.2, 0.25) is 6.41 Å². The molecule has 0 fully saturated rings. The van der Waals surface area contributed by atoms with Crippen molar-refractivity contribution in [1.29, 1.82) is 0 Å². The summed E-state index contributed by atoms with van der Waals surface area (Å²) in [5.74, 6) is 0. The summed E-state index contributed by atoms with van der Waals surface area (Å²) in [5, 5.41) is 4.35. The van der Waals surface area contributed by atoms with Crippen LogP contribution in [0, 0.1) is 0 Å². The first-order chi connectivity index (χ1) is 9.99. The summed E-state index contributed by atoms with van der Waals surface area (Å²) in [6.45, 7) is 1.94. The molecule has 0 saturated carbocycles. The number of benzene rings is 2. The summed E-state index contributed by atoms with van der Waals surface area (Å²) in [6.07, 6.45) is 2.57. The molecule has 0 heterocycles. The maximum atomic E-state index is 10.7. The molecule has 2 nitrogen and oxygen atoms in total. The SMILES string of the molecule is C/C(=C/c1cc(Cl)cc(Cl)c1)c1ccc(Cl)cc1NC=O. The van der Waals surface area contributed by atoms with Gasteiger partial charge >= 0.3 is 0 Å². The highest BCUT2D eigenvalue weighted by Gasteiger charge is 2.06. The normalized spacial score (nSPS) is 11.3.